The first-order valence-electron chi connectivity index (χ1n) is 9.75. The molecule has 0 spiro atoms. The van der Waals surface area contributed by atoms with Gasteiger partial charge in [-0.2, -0.15) is 0 Å². The molecule has 2 rings (SSSR count). The quantitative estimate of drug-likeness (QED) is 0.666. The fraction of sp³-hybridized carbons (Fsp3) is 0.391. The zero-order valence-electron chi connectivity index (χ0n) is 18.2. The summed E-state index contributed by atoms with van der Waals surface area (Å²) in [6.07, 6.45) is -0.454. The molecule has 0 aliphatic carbocycles. The highest BCUT2D eigenvalue weighted by Crippen LogP contribution is 2.22. The third kappa shape index (κ3) is 7.40. The Kier molecular flexibility index (Phi) is 8.24. The van der Waals surface area contributed by atoms with Crippen LogP contribution in [0.15, 0.2) is 54.6 Å². The number of alkyl carbamates (subject to hydrolysis) is 1. The Bertz CT molecular complexity index is 833. The summed E-state index contributed by atoms with van der Waals surface area (Å²) in [6.45, 7) is 5.68. The van der Waals surface area contributed by atoms with Gasteiger partial charge in [-0.1, -0.05) is 48.5 Å². The summed E-state index contributed by atoms with van der Waals surface area (Å²) < 4.78 is 11.3. The number of benzene rings is 2. The van der Waals surface area contributed by atoms with E-state index >= 15 is 0 Å². The maximum atomic E-state index is 12.8. The minimum absolute atomic E-state index is 0.219. The van der Waals surface area contributed by atoms with E-state index in [0.29, 0.717) is 12.4 Å². The monoisotopic (exact) mass is 414 g/mol. The number of hydrogen-bond acceptors (Lipinski definition) is 5. The van der Waals surface area contributed by atoms with Gasteiger partial charge in [-0.15, -0.1) is 0 Å². The van der Waals surface area contributed by atoms with Crippen molar-refractivity contribution in [1.29, 1.82) is 0 Å². The minimum atomic E-state index is -0.883. The van der Waals surface area contributed by atoms with Crippen LogP contribution in [0.2, 0.25) is 0 Å². The number of amides is 2. The molecule has 0 saturated heterocycles. The molecular formula is C23H30N2O5. The molecule has 2 aromatic carbocycles. The molecule has 7 heteroatoms. The topological polar surface area (TPSA) is 77.1 Å². The van der Waals surface area contributed by atoms with E-state index in [1.165, 1.54) is 14.2 Å². The molecule has 0 bridgehead atoms. The van der Waals surface area contributed by atoms with Crippen LogP contribution < -0.4 is 10.1 Å². The second kappa shape index (κ2) is 10.6. The van der Waals surface area contributed by atoms with E-state index in [1.54, 1.807) is 20.8 Å². The molecule has 0 aromatic heterocycles. The SMILES string of the molecule is CON(C)C(=O)[C@H](Cc1ccccc1OCc1ccccc1)NC(=O)OC(C)(C)C. The third-order valence-electron chi connectivity index (χ3n) is 4.21. The number of nitrogens with zero attached hydrogens (tertiary/aromatic N) is 1. The Hall–Kier alpha value is -3.06. The molecule has 0 aliphatic rings. The number of ether oxygens (including phenoxy) is 2. The molecule has 0 radical (unpaired) electrons. The summed E-state index contributed by atoms with van der Waals surface area (Å²) in [5.74, 6) is 0.242. The van der Waals surface area contributed by atoms with Gasteiger partial charge in [0.25, 0.3) is 5.91 Å². The summed E-state index contributed by atoms with van der Waals surface area (Å²) in [7, 11) is 2.88. The lowest BCUT2D eigenvalue weighted by Gasteiger charge is -2.26. The van der Waals surface area contributed by atoms with Crippen molar-refractivity contribution in [3.8, 4) is 5.75 Å². The molecule has 2 aromatic rings. The van der Waals surface area contributed by atoms with Crippen LogP contribution in [-0.2, 0) is 27.4 Å². The van der Waals surface area contributed by atoms with Crippen molar-refractivity contribution in [2.45, 2.75) is 45.4 Å². The standard InChI is InChI=1S/C23H30N2O5/c1-23(2,3)30-22(27)24-19(21(26)25(4)28-5)15-18-13-9-10-14-20(18)29-16-17-11-7-6-8-12-17/h6-14,19H,15-16H2,1-5H3,(H,24,27)/t19-/m0/s1. The molecule has 0 heterocycles. The van der Waals surface area contributed by atoms with Gasteiger partial charge in [0.05, 0.1) is 7.11 Å². The van der Waals surface area contributed by atoms with Gasteiger partial charge < -0.3 is 14.8 Å². The first-order chi connectivity index (χ1) is 14.2. The maximum absolute atomic E-state index is 12.8. The van der Waals surface area contributed by atoms with Crippen molar-refractivity contribution in [3.05, 3.63) is 65.7 Å². The Morgan fingerprint density at radius 2 is 1.67 bits per heavy atom. The predicted molar refractivity (Wildman–Crippen MR) is 114 cm³/mol. The maximum Gasteiger partial charge on any atom is 0.408 e. The van der Waals surface area contributed by atoms with Gasteiger partial charge in [-0.25, -0.2) is 9.86 Å². The fourth-order valence-electron chi connectivity index (χ4n) is 2.73. The van der Waals surface area contributed by atoms with Crippen molar-refractivity contribution in [3.63, 3.8) is 0 Å². The van der Waals surface area contributed by atoms with Crippen LogP contribution in [-0.4, -0.2) is 42.9 Å². The molecule has 1 atom stereocenters. The Morgan fingerprint density at radius 3 is 2.30 bits per heavy atom. The summed E-state index contributed by atoms with van der Waals surface area (Å²) in [5, 5.41) is 3.73. The van der Waals surface area contributed by atoms with Gasteiger partial charge in [0, 0.05) is 13.5 Å². The summed E-state index contributed by atoms with van der Waals surface area (Å²) >= 11 is 0. The number of nitrogens with one attached hydrogen (secondary N) is 1. The first-order valence-corrected chi connectivity index (χ1v) is 9.75. The largest absolute Gasteiger partial charge is 0.489 e. The summed E-state index contributed by atoms with van der Waals surface area (Å²) in [5.41, 5.74) is 1.14. The van der Waals surface area contributed by atoms with Crippen LogP contribution in [0.1, 0.15) is 31.9 Å². The van der Waals surface area contributed by atoms with Crippen LogP contribution in [0.3, 0.4) is 0 Å². The number of likely N-dealkylation sites (N-methyl/N-ethyl adjacent to an activating group) is 1. The smallest absolute Gasteiger partial charge is 0.408 e. The molecule has 0 unspecified atom stereocenters. The normalized spacial score (nSPS) is 12.0. The number of hydroxylamine groups is 2. The third-order valence-corrected chi connectivity index (χ3v) is 4.21. The first kappa shape index (κ1) is 23.2. The van der Waals surface area contributed by atoms with Crippen molar-refractivity contribution in [2.24, 2.45) is 0 Å². The molecular weight excluding hydrogens is 384 g/mol. The highest BCUT2D eigenvalue weighted by Gasteiger charge is 2.28. The van der Waals surface area contributed by atoms with Crippen molar-refractivity contribution >= 4 is 12.0 Å². The van der Waals surface area contributed by atoms with E-state index in [2.05, 4.69) is 5.32 Å². The van der Waals surface area contributed by atoms with Gasteiger partial charge in [0.1, 0.15) is 24.0 Å². The minimum Gasteiger partial charge on any atom is -0.489 e. The Balaban J connectivity index is 2.17. The number of carbonyl (C=O) groups is 2. The van der Waals surface area contributed by atoms with Crippen LogP contribution in [0.25, 0.3) is 0 Å². The molecule has 162 valence electrons. The number of rotatable bonds is 8. The van der Waals surface area contributed by atoms with Gasteiger partial charge >= 0.3 is 6.09 Å². The van der Waals surface area contributed by atoms with Gasteiger partial charge in [-0.05, 0) is 38.0 Å². The lowest BCUT2D eigenvalue weighted by molar-refractivity contribution is -0.171. The number of hydrogen-bond donors (Lipinski definition) is 1. The fourth-order valence-corrected chi connectivity index (χ4v) is 2.73. The number of para-hydroxylation sites is 1. The summed E-state index contributed by atoms with van der Waals surface area (Å²) in [6, 6.07) is 16.4. The van der Waals surface area contributed by atoms with E-state index in [0.717, 1.165) is 16.2 Å². The average molecular weight is 415 g/mol. The Labute approximate surface area is 177 Å². The molecule has 0 saturated carbocycles. The highest BCUT2D eigenvalue weighted by atomic mass is 16.7. The van der Waals surface area contributed by atoms with Gasteiger partial charge in [-0.3, -0.25) is 9.63 Å². The van der Waals surface area contributed by atoms with E-state index in [4.69, 9.17) is 14.3 Å². The molecule has 30 heavy (non-hydrogen) atoms. The van der Waals surface area contributed by atoms with Gasteiger partial charge in [0.2, 0.25) is 0 Å². The summed E-state index contributed by atoms with van der Waals surface area (Å²) in [4.78, 5) is 30.1. The predicted octanol–water partition coefficient (Wildman–Crippen LogP) is 3.72. The van der Waals surface area contributed by atoms with Crippen LogP contribution >= 0.6 is 0 Å². The van der Waals surface area contributed by atoms with Gasteiger partial charge in [0.15, 0.2) is 0 Å². The van der Waals surface area contributed by atoms with E-state index in [1.807, 2.05) is 54.6 Å². The lowest BCUT2D eigenvalue weighted by atomic mass is 10.0. The van der Waals surface area contributed by atoms with Crippen molar-refractivity contribution < 1.29 is 23.9 Å². The highest BCUT2D eigenvalue weighted by molar-refractivity contribution is 5.85. The van der Waals surface area contributed by atoms with E-state index < -0.39 is 23.6 Å². The molecule has 7 nitrogen and oxygen atoms in total. The second-order valence-electron chi connectivity index (χ2n) is 7.80. The van der Waals surface area contributed by atoms with E-state index in [9.17, 15) is 9.59 Å². The van der Waals surface area contributed by atoms with Crippen molar-refractivity contribution in [1.82, 2.24) is 10.4 Å². The molecule has 2 amide bonds. The Morgan fingerprint density at radius 1 is 1.03 bits per heavy atom. The van der Waals surface area contributed by atoms with Crippen LogP contribution in [0.5, 0.6) is 5.75 Å². The number of carbonyl (C=O) groups excluding carboxylic acids is 2. The zero-order chi connectivity index (χ0) is 22.1. The van der Waals surface area contributed by atoms with E-state index in [-0.39, 0.29) is 6.42 Å². The molecule has 0 fully saturated rings. The zero-order valence-corrected chi connectivity index (χ0v) is 18.2. The van der Waals surface area contributed by atoms with Crippen LogP contribution in [0, 0.1) is 0 Å². The second-order valence-corrected chi connectivity index (χ2v) is 7.80. The lowest BCUT2D eigenvalue weighted by Crippen LogP contribution is -2.49. The average Bonchev–Trinajstić information content (AvgIpc) is 2.70. The molecule has 0 aliphatic heterocycles. The molecule has 1 N–H and O–H groups in total. The van der Waals surface area contributed by atoms with Crippen molar-refractivity contribution in [2.75, 3.05) is 14.2 Å². The van der Waals surface area contributed by atoms with Crippen LogP contribution in [0.4, 0.5) is 4.79 Å².